The second-order valence-corrected chi connectivity index (χ2v) is 7.87. The average Bonchev–Trinajstić information content (AvgIpc) is 3.37. The third-order valence-electron chi connectivity index (χ3n) is 6.06. The molecule has 9 heteroatoms. The molecule has 0 spiro atoms. The molecule has 0 bridgehead atoms. The summed E-state index contributed by atoms with van der Waals surface area (Å²) in [6.07, 6.45) is 1.87. The molecule has 0 saturated heterocycles. The lowest BCUT2D eigenvalue weighted by molar-refractivity contribution is -0.385. The maximum Gasteiger partial charge on any atom is 0.282 e. The average molecular weight is 455 g/mol. The Kier molecular flexibility index (Phi) is 5.51. The van der Waals surface area contributed by atoms with E-state index in [1.165, 1.54) is 23.4 Å². The third-order valence-corrected chi connectivity index (χ3v) is 6.06. The molecule has 2 atom stereocenters. The van der Waals surface area contributed by atoms with Crippen LogP contribution < -0.4 is 9.64 Å². The van der Waals surface area contributed by atoms with Crippen LogP contribution in [-0.4, -0.2) is 32.7 Å². The number of carbonyl (C=O) groups excluding carboxylic acids is 1. The van der Waals surface area contributed by atoms with Crippen molar-refractivity contribution in [1.29, 1.82) is 0 Å². The molecule has 170 valence electrons. The van der Waals surface area contributed by atoms with Gasteiger partial charge in [-0.05, 0) is 24.1 Å². The number of amides is 1. The standard InChI is InChI=1S/C25H21N5O4/c1-34-23-14-8-6-11-18(23)22-15-21(17-9-3-2-4-10-17)28(25-26-16-27-29(22)25)24(31)19-12-5-7-13-20(19)30(32)33/h2-14,16,21-22H,15H2,1H3/t21-,22+/m0/s1. The number of aromatic nitrogens is 3. The summed E-state index contributed by atoms with van der Waals surface area (Å²) in [5.41, 5.74) is 1.55. The number of hydrogen-bond donors (Lipinski definition) is 0. The Labute approximate surface area is 195 Å². The molecule has 0 saturated carbocycles. The summed E-state index contributed by atoms with van der Waals surface area (Å²) in [5.74, 6) is 0.521. The van der Waals surface area contributed by atoms with Gasteiger partial charge in [-0.15, -0.1) is 0 Å². The van der Waals surface area contributed by atoms with Gasteiger partial charge in [-0.1, -0.05) is 60.7 Å². The van der Waals surface area contributed by atoms with Crippen LogP contribution in [0.4, 0.5) is 11.6 Å². The van der Waals surface area contributed by atoms with Gasteiger partial charge in [-0.25, -0.2) is 4.68 Å². The highest BCUT2D eigenvalue weighted by Crippen LogP contribution is 2.44. The predicted octanol–water partition coefficient (Wildman–Crippen LogP) is 4.58. The van der Waals surface area contributed by atoms with Gasteiger partial charge in [0.15, 0.2) is 0 Å². The van der Waals surface area contributed by atoms with Crippen LogP contribution >= 0.6 is 0 Å². The predicted molar refractivity (Wildman–Crippen MR) is 125 cm³/mol. The minimum Gasteiger partial charge on any atom is -0.496 e. The molecular formula is C25H21N5O4. The van der Waals surface area contributed by atoms with Crippen molar-refractivity contribution in [3.8, 4) is 5.75 Å². The van der Waals surface area contributed by atoms with Crippen molar-refractivity contribution < 1.29 is 14.5 Å². The van der Waals surface area contributed by atoms with Crippen molar-refractivity contribution in [2.45, 2.75) is 18.5 Å². The Morgan fingerprint density at radius 3 is 2.47 bits per heavy atom. The number of ether oxygens (including phenoxy) is 1. The Morgan fingerprint density at radius 2 is 1.71 bits per heavy atom. The van der Waals surface area contributed by atoms with E-state index in [0.29, 0.717) is 18.1 Å². The Bertz CT molecular complexity index is 1350. The monoisotopic (exact) mass is 455 g/mol. The second-order valence-electron chi connectivity index (χ2n) is 7.87. The number of carbonyl (C=O) groups is 1. The normalized spacial score (nSPS) is 17.1. The van der Waals surface area contributed by atoms with Gasteiger partial charge in [0.2, 0.25) is 5.95 Å². The van der Waals surface area contributed by atoms with E-state index in [1.807, 2.05) is 54.6 Å². The quantitative estimate of drug-likeness (QED) is 0.322. The van der Waals surface area contributed by atoms with E-state index in [2.05, 4.69) is 10.1 Å². The Balaban J connectivity index is 1.69. The smallest absolute Gasteiger partial charge is 0.282 e. The first-order chi connectivity index (χ1) is 16.6. The van der Waals surface area contributed by atoms with Gasteiger partial charge in [-0.3, -0.25) is 19.8 Å². The van der Waals surface area contributed by atoms with Gasteiger partial charge in [0.05, 0.1) is 24.1 Å². The van der Waals surface area contributed by atoms with Crippen LogP contribution in [-0.2, 0) is 0 Å². The number of nitro benzene ring substituents is 1. The molecule has 1 amide bonds. The molecule has 1 aliphatic heterocycles. The SMILES string of the molecule is COc1ccccc1[C@H]1C[C@@H](c2ccccc2)N(C(=O)c2ccccc2[N+](=O)[O-])c2ncnn21. The molecule has 1 aromatic heterocycles. The molecule has 1 aliphatic rings. The summed E-state index contributed by atoms with van der Waals surface area (Å²) < 4.78 is 7.28. The summed E-state index contributed by atoms with van der Waals surface area (Å²) in [7, 11) is 1.61. The van der Waals surface area contributed by atoms with E-state index >= 15 is 0 Å². The van der Waals surface area contributed by atoms with Crippen LogP contribution in [0.15, 0.2) is 85.2 Å². The van der Waals surface area contributed by atoms with E-state index < -0.39 is 16.9 Å². The first-order valence-electron chi connectivity index (χ1n) is 10.7. The Morgan fingerprint density at radius 1 is 1.00 bits per heavy atom. The first kappa shape index (κ1) is 21.3. The second kappa shape index (κ2) is 8.78. The molecule has 0 fully saturated rings. The maximum atomic E-state index is 13.9. The minimum atomic E-state index is -0.545. The summed E-state index contributed by atoms with van der Waals surface area (Å²) in [6, 6.07) is 22.5. The highest BCUT2D eigenvalue weighted by Gasteiger charge is 2.41. The number of fused-ring (bicyclic) bond motifs is 1. The lowest BCUT2D eigenvalue weighted by Crippen LogP contribution is -2.43. The van der Waals surface area contributed by atoms with Crippen LogP contribution in [0.3, 0.4) is 0 Å². The molecule has 9 nitrogen and oxygen atoms in total. The topological polar surface area (TPSA) is 103 Å². The molecule has 34 heavy (non-hydrogen) atoms. The zero-order valence-electron chi connectivity index (χ0n) is 18.3. The van der Waals surface area contributed by atoms with Gasteiger partial charge in [-0.2, -0.15) is 10.1 Å². The van der Waals surface area contributed by atoms with E-state index in [9.17, 15) is 14.9 Å². The van der Waals surface area contributed by atoms with Crippen LogP contribution in [0, 0.1) is 10.1 Å². The number of anilines is 1. The molecule has 4 aromatic rings. The molecular weight excluding hydrogens is 434 g/mol. The highest BCUT2D eigenvalue weighted by molar-refractivity contribution is 6.08. The van der Waals surface area contributed by atoms with Crippen molar-refractivity contribution in [3.63, 3.8) is 0 Å². The number of nitro groups is 1. The van der Waals surface area contributed by atoms with Crippen LogP contribution in [0.25, 0.3) is 0 Å². The molecule has 0 unspecified atom stereocenters. The number of rotatable bonds is 5. The number of benzene rings is 3. The van der Waals surface area contributed by atoms with Crippen LogP contribution in [0.2, 0.25) is 0 Å². The van der Waals surface area contributed by atoms with Crippen LogP contribution in [0.1, 0.15) is 40.0 Å². The van der Waals surface area contributed by atoms with Gasteiger partial charge in [0.1, 0.15) is 17.6 Å². The fraction of sp³-hybridized carbons (Fsp3) is 0.160. The fourth-order valence-electron chi connectivity index (χ4n) is 4.53. The molecule has 0 aliphatic carbocycles. The van der Waals surface area contributed by atoms with E-state index in [4.69, 9.17) is 4.74 Å². The number of methoxy groups -OCH3 is 1. The lowest BCUT2D eigenvalue weighted by Gasteiger charge is -2.39. The molecule has 5 rings (SSSR count). The van der Waals surface area contributed by atoms with E-state index in [0.717, 1.165) is 11.1 Å². The van der Waals surface area contributed by atoms with Crippen molar-refractivity contribution in [1.82, 2.24) is 14.8 Å². The zero-order chi connectivity index (χ0) is 23.7. The first-order valence-corrected chi connectivity index (χ1v) is 10.7. The number of hydrogen-bond acceptors (Lipinski definition) is 6. The van der Waals surface area contributed by atoms with Gasteiger partial charge < -0.3 is 4.74 Å². The molecule has 0 N–H and O–H groups in total. The summed E-state index contributed by atoms with van der Waals surface area (Å²) in [6.45, 7) is 0. The third kappa shape index (κ3) is 3.57. The summed E-state index contributed by atoms with van der Waals surface area (Å²) in [5, 5.41) is 16.1. The molecule has 3 aromatic carbocycles. The largest absolute Gasteiger partial charge is 0.496 e. The lowest BCUT2D eigenvalue weighted by atomic mass is 9.91. The van der Waals surface area contributed by atoms with E-state index in [1.54, 1.807) is 23.9 Å². The van der Waals surface area contributed by atoms with E-state index in [-0.39, 0.29) is 17.3 Å². The fourth-order valence-corrected chi connectivity index (χ4v) is 4.53. The van der Waals surface area contributed by atoms with Crippen molar-refractivity contribution in [2.24, 2.45) is 0 Å². The molecule has 2 heterocycles. The summed E-state index contributed by atoms with van der Waals surface area (Å²) in [4.78, 5) is 30.9. The number of para-hydroxylation sites is 2. The minimum absolute atomic E-state index is 0.00118. The zero-order valence-corrected chi connectivity index (χ0v) is 18.3. The van der Waals surface area contributed by atoms with Crippen LogP contribution in [0.5, 0.6) is 5.75 Å². The van der Waals surface area contributed by atoms with Crippen molar-refractivity contribution in [3.05, 3.63) is 112 Å². The molecule has 0 radical (unpaired) electrons. The highest BCUT2D eigenvalue weighted by atomic mass is 16.6. The summed E-state index contributed by atoms with van der Waals surface area (Å²) >= 11 is 0. The van der Waals surface area contributed by atoms with Gasteiger partial charge >= 0.3 is 0 Å². The Hall–Kier alpha value is -4.53. The van der Waals surface area contributed by atoms with Gasteiger partial charge in [0, 0.05) is 11.6 Å². The van der Waals surface area contributed by atoms with Crippen molar-refractivity contribution >= 4 is 17.5 Å². The van der Waals surface area contributed by atoms with Gasteiger partial charge in [0.25, 0.3) is 11.6 Å². The maximum absolute atomic E-state index is 13.9. The number of nitrogens with zero attached hydrogens (tertiary/aromatic N) is 5. The van der Waals surface area contributed by atoms with Crippen molar-refractivity contribution in [2.75, 3.05) is 12.0 Å².